The molecule has 2 rings (SSSR count). The van der Waals surface area contributed by atoms with E-state index >= 15 is 0 Å². The van der Waals surface area contributed by atoms with Crippen molar-refractivity contribution in [2.24, 2.45) is 0 Å². The average molecular weight is 417 g/mol. The summed E-state index contributed by atoms with van der Waals surface area (Å²) in [4.78, 5) is 16.5. The van der Waals surface area contributed by atoms with Crippen molar-refractivity contribution in [1.82, 2.24) is 4.98 Å². The number of carbonyl (C=O) groups is 1. The third-order valence-electron chi connectivity index (χ3n) is 2.62. The van der Waals surface area contributed by atoms with Crippen LogP contribution in [0.1, 0.15) is 17.3 Å². The van der Waals surface area contributed by atoms with E-state index < -0.39 is 11.7 Å². The van der Waals surface area contributed by atoms with Gasteiger partial charge in [0.15, 0.2) is 0 Å². The summed E-state index contributed by atoms with van der Waals surface area (Å²) >= 11 is 6.52. The molecule has 1 aromatic heterocycles. The highest BCUT2D eigenvalue weighted by atomic mass is 79.9. The van der Waals surface area contributed by atoms with Crippen LogP contribution in [0.5, 0.6) is 0 Å². The monoisotopic (exact) mass is 415 g/mol. The zero-order chi connectivity index (χ0) is 15.4. The van der Waals surface area contributed by atoms with Crippen molar-refractivity contribution in [3.63, 3.8) is 0 Å². The molecular formula is C14H12Br2FN3O. The van der Waals surface area contributed by atoms with E-state index in [4.69, 9.17) is 0 Å². The predicted molar refractivity (Wildman–Crippen MR) is 88.2 cm³/mol. The third-order valence-corrected chi connectivity index (χ3v) is 3.55. The van der Waals surface area contributed by atoms with E-state index in [0.717, 1.165) is 0 Å². The maximum atomic E-state index is 13.7. The lowest BCUT2D eigenvalue weighted by Gasteiger charge is -2.11. The smallest absolute Gasteiger partial charge is 0.259 e. The van der Waals surface area contributed by atoms with Crippen molar-refractivity contribution in [2.45, 2.75) is 6.92 Å². The third kappa shape index (κ3) is 4.01. The molecular weight excluding hydrogens is 405 g/mol. The molecule has 0 saturated carbocycles. The number of hydrogen-bond acceptors (Lipinski definition) is 3. The Bertz CT molecular complexity index is 679. The summed E-state index contributed by atoms with van der Waals surface area (Å²) in [5.41, 5.74) is 0.447. The molecule has 0 aliphatic rings. The lowest BCUT2D eigenvalue weighted by Crippen LogP contribution is -2.16. The average Bonchev–Trinajstić information content (AvgIpc) is 2.45. The van der Waals surface area contributed by atoms with Gasteiger partial charge in [-0.15, -0.1) is 0 Å². The van der Waals surface area contributed by atoms with Crippen molar-refractivity contribution in [2.75, 3.05) is 17.2 Å². The first kappa shape index (κ1) is 15.9. The minimum atomic E-state index is -0.500. The summed E-state index contributed by atoms with van der Waals surface area (Å²) < 4.78 is 15.0. The van der Waals surface area contributed by atoms with Gasteiger partial charge in [0.2, 0.25) is 0 Å². The fourth-order valence-corrected chi connectivity index (χ4v) is 2.40. The normalized spacial score (nSPS) is 10.3. The quantitative estimate of drug-likeness (QED) is 0.775. The summed E-state index contributed by atoms with van der Waals surface area (Å²) in [6.07, 6.45) is 1.59. The van der Waals surface area contributed by atoms with Crippen LogP contribution >= 0.6 is 31.9 Å². The molecule has 0 fully saturated rings. The van der Waals surface area contributed by atoms with Gasteiger partial charge in [-0.05, 0) is 47.1 Å². The molecule has 0 aliphatic carbocycles. The number of benzene rings is 1. The van der Waals surface area contributed by atoms with Crippen molar-refractivity contribution >= 4 is 49.3 Å². The zero-order valence-corrected chi connectivity index (χ0v) is 14.3. The van der Waals surface area contributed by atoms with Gasteiger partial charge in [0, 0.05) is 21.7 Å². The van der Waals surface area contributed by atoms with E-state index in [1.54, 1.807) is 18.3 Å². The topological polar surface area (TPSA) is 54.0 Å². The van der Waals surface area contributed by atoms with Crippen molar-refractivity contribution in [3.05, 3.63) is 50.8 Å². The summed E-state index contributed by atoms with van der Waals surface area (Å²) in [6, 6.07) is 5.99. The molecule has 0 atom stereocenters. The Morgan fingerprint density at radius 3 is 2.76 bits per heavy atom. The molecule has 0 bridgehead atoms. The lowest BCUT2D eigenvalue weighted by atomic mass is 10.2. The molecule has 1 amide bonds. The van der Waals surface area contributed by atoms with Crippen LogP contribution in [0.25, 0.3) is 0 Å². The van der Waals surface area contributed by atoms with Gasteiger partial charge in [-0.1, -0.05) is 15.9 Å². The van der Waals surface area contributed by atoms with E-state index in [2.05, 4.69) is 47.5 Å². The molecule has 2 N–H and O–H groups in total. The molecule has 1 aromatic carbocycles. The number of rotatable bonds is 4. The zero-order valence-electron chi connectivity index (χ0n) is 11.1. The summed E-state index contributed by atoms with van der Waals surface area (Å²) in [5, 5.41) is 5.55. The molecule has 0 aliphatic heterocycles. The van der Waals surface area contributed by atoms with Crippen LogP contribution in [0.3, 0.4) is 0 Å². The van der Waals surface area contributed by atoms with Gasteiger partial charge in [-0.25, -0.2) is 9.37 Å². The lowest BCUT2D eigenvalue weighted by molar-refractivity contribution is 0.102. The van der Waals surface area contributed by atoms with E-state index in [-0.39, 0.29) is 5.69 Å². The Morgan fingerprint density at radius 1 is 1.29 bits per heavy atom. The Kier molecular flexibility index (Phi) is 5.30. The van der Waals surface area contributed by atoms with Gasteiger partial charge in [0.05, 0.1) is 11.3 Å². The summed E-state index contributed by atoms with van der Waals surface area (Å²) in [6.45, 7) is 2.53. The standard InChI is InChI=1S/C14H12Br2FN3O/c1-2-18-13-10(5-9(16)7-19-13)14(21)20-12-6-8(15)3-4-11(12)17/h3-7H,2H2,1H3,(H,18,19)(H,20,21). The number of halogens is 3. The number of carbonyl (C=O) groups excluding carboxylic acids is 1. The van der Waals surface area contributed by atoms with Gasteiger partial charge in [-0.2, -0.15) is 0 Å². The van der Waals surface area contributed by atoms with E-state index in [0.29, 0.717) is 26.9 Å². The van der Waals surface area contributed by atoms with Crippen LogP contribution in [0, 0.1) is 5.82 Å². The molecule has 110 valence electrons. The molecule has 2 aromatic rings. The number of hydrogen-bond donors (Lipinski definition) is 2. The SMILES string of the molecule is CCNc1ncc(Br)cc1C(=O)Nc1cc(Br)ccc1F. The van der Waals surface area contributed by atoms with Crippen LogP contribution in [0.4, 0.5) is 15.9 Å². The van der Waals surface area contributed by atoms with Gasteiger partial charge in [-0.3, -0.25) is 4.79 Å². The molecule has 4 nitrogen and oxygen atoms in total. The first-order valence-corrected chi connectivity index (χ1v) is 7.75. The number of anilines is 2. The Balaban J connectivity index is 2.31. The number of nitrogens with zero attached hydrogens (tertiary/aromatic N) is 1. The number of pyridine rings is 1. The van der Waals surface area contributed by atoms with Crippen molar-refractivity contribution < 1.29 is 9.18 Å². The van der Waals surface area contributed by atoms with Crippen LogP contribution in [-0.2, 0) is 0 Å². The molecule has 0 unspecified atom stereocenters. The fraction of sp³-hybridized carbons (Fsp3) is 0.143. The van der Waals surface area contributed by atoms with E-state index in [1.807, 2.05) is 6.92 Å². The van der Waals surface area contributed by atoms with Crippen LogP contribution in [0.2, 0.25) is 0 Å². The maximum Gasteiger partial charge on any atom is 0.259 e. The van der Waals surface area contributed by atoms with Gasteiger partial charge < -0.3 is 10.6 Å². The highest BCUT2D eigenvalue weighted by Gasteiger charge is 2.15. The van der Waals surface area contributed by atoms with E-state index in [9.17, 15) is 9.18 Å². The maximum absolute atomic E-state index is 13.7. The fourth-order valence-electron chi connectivity index (χ4n) is 1.70. The van der Waals surface area contributed by atoms with Gasteiger partial charge >= 0.3 is 0 Å². The predicted octanol–water partition coefficient (Wildman–Crippen LogP) is 4.43. The molecule has 7 heteroatoms. The first-order valence-electron chi connectivity index (χ1n) is 6.17. The molecule has 21 heavy (non-hydrogen) atoms. The minimum Gasteiger partial charge on any atom is -0.370 e. The van der Waals surface area contributed by atoms with Crippen LogP contribution in [0.15, 0.2) is 39.4 Å². The van der Waals surface area contributed by atoms with Crippen LogP contribution in [-0.4, -0.2) is 17.4 Å². The molecule has 0 saturated heterocycles. The number of amides is 1. The largest absolute Gasteiger partial charge is 0.370 e. The van der Waals surface area contributed by atoms with Crippen LogP contribution < -0.4 is 10.6 Å². The highest BCUT2D eigenvalue weighted by molar-refractivity contribution is 9.10. The Labute approximate surface area is 138 Å². The molecule has 0 spiro atoms. The van der Waals surface area contributed by atoms with Gasteiger partial charge in [0.1, 0.15) is 11.6 Å². The summed E-state index contributed by atoms with van der Waals surface area (Å²) in [5.74, 6) is -0.482. The second-order valence-electron chi connectivity index (χ2n) is 4.16. The minimum absolute atomic E-state index is 0.108. The summed E-state index contributed by atoms with van der Waals surface area (Å²) in [7, 11) is 0. The van der Waals surface area contributed by atoms with Crippen molar-refractivity contribution in [1.29, 1.82) is 0 Å². The molecule has 1 heterocycles. The highest BCUT2D eigenvalue weighted by Crippen LogP contribution is 2.23. The van der Waals surface area contributed by atoms with Gasteiger partial charge in [0.25, 0.3) is 5.91 Å². The second-order valence-corrected chi connectivity index (χ2v) is 5.99. The van der Waals surface area contributed by atoms with Crippen molar-refractivity contribution in [3.8, 4) is 0 Å². The number of nitrogens with one attached hydrogen (secondary N) is 2. The molecule has 0 radical (unpaired) electrons. The Morgan fingerprint density at radius 2 is 2.05 bits per heavy atom. The second kappa shape index (κ2) is 7.00. The Hall–Kier alpha value is -1.47. The van der Waals surface area contributed by atoms with E-state index in [1.165, 1.54) is 12.1 Å². The first-order chi connectivity index (χ1) is 10.0. The number of aromatic nitrogens is 1.